The molecule has 32 heavy (non-hydrogen) atoms. The monoisotopic (exact) mass is 439 g/mol. The molecule has 0 aliphatic carbocycles. The van der Waals surface area contributed by atoms with Crippen LogP contribution in [-0.4, -0.2) is 60.9 Å². The lowest BCUT2D eigenvalue weighted by Crippen LogP contribution is -2.52. The summed E-state index contributed by atoms with van der Waals surface area (Å²) in [6.45, 7) is 13.1. The summed E-state index contributed by atoms with van der Waals surface area (Å²) in [6, 6.07) is 14.0. The van der Waals surface area contributed by atoms with Crippen LogP contribution in [0.5, 0.6) is 0 Å². The zero-order valence-corrected chi connectivity index (χ0v) is 19.6. The summed E-state index contributed by atoms with van der Waals surface area (Å²) in [4.78, 5) is 19.2. The molecular weight excluding hydrogens is 402 g/mol. The smallest absolute Gasteiger partial charge is 0.250 e. The molecule has 0 radical (unpaired) electrons. The van der Waals surface area contributed by atoms with Crippen molar-refractivity contribution in [3.8, 4) is 0 Å². The molecule has 7 nitrogen and oxygen atoms in total. The number of morpholine rings is 1. The van der Waals surface area contributed by atoms with E-state index in [1.165, 1.54) is 0 Å². The molecule has 7 heteroatoms. The molecule has 0 spiro atoms. The van der Waals surface area contributed by atoms with Crippen molar-refractivity contribution in [1.29, 1.82) is 0 Å². The molecule has 1 aromatic carbocycles. The maximum atomic E-state index is 11.9. The maximum absolute atomic E-state index is 11.9. The van der Waals surface area contributed by atoms with Crippen LogP contribution in [0.2, 0.25) is 0 Å². The molecule has 2 heterocycles. The van der Waals surface area contributed by atoms with Gasteiger partial charge in [-0.1, -0.05) is 44.2 Å². The van der Waals surface area contributed by atoms with Crippen LogP contribution in [0.3, 0.4) is 0 Å². The number of nitrogens with one attached hydrogen (secondary N) is 2. The Morgan fingerprint density at radius 1 is 1.06 bits per heavy atom. The fourth-order valence-electron chi connectivity index (χ4n) is 3.95. The molecule has 0 bridgehead atoms. The van der Waals surface area contributed by atoms with Gasteiger partial charge in [0.1, 0.15) is 0 Å². The van der Waals surface area contributed by atoms with E-state index in [9.17, 15) is 4.79 Å². The van der Waals surface area contributed by atoms with Gasteiger partial charge in [0.25, 0.3) is 5.56 Å². The lowest BCUT2D eigenvalue weighted by Gasteiger charge is -2.37. The molecule has 1 aliphatic rings. The Balaban J connectivity index is 1.57. The van der Waals surface area contributed by atoms with Gasteiger partial charge in [-0.3, -0.25) is 9.69 Å². The molecule has 1 saturated heterocycles. The maximum Gasteiger partial charge on any atom is 0.250 e. The highest BCUT2D eigenvalue weighted by atomic mass is 16.5. The highest BCUT2D eigenvalue weighted by molar-refractivity contribution is 5.79. The largest absolute Gasteiger partial charge is 0.379 e. The Bertz CT molecular complexity index is 901. The number of hydrogen-bond donors (Lipinski definition) is 2. The van der Waals surface area contributed by atoms with Gasteiger partial charge in [-0.2, -0.15) is 0 Å². The van der Waals surface area contributed by atoms with Crippen molar-refractivity contribution in [1.82, 2.24) is 20.1 Å². The lowest BCUT2D eigenvalue weighted by atomic mass is 10.0. The Morgan fingerprint density at radius 2 is 1.78 bits per heavy atom. The van der Waals surface area contributed by atoms with Crippen molar-refractivity contribution < 1.29 is 4.74 Å². The third-order valence-corrected chi connectivity index (χ3v) is 5.80. The summed E-state index contributed by atoms with van der Waals surface area (Å²) in [5.41, 5.74) is 2.25. The average Bonchev–Trinajstić information content (AvgIpc) is 2.80. The van der Waals surface area contributed by atoms with Crippen LogP contribution in [-0.2, 0) is 17.8 Å². The molecule has 0 amide bonds. The second kappa shape index (κ2) is 12.4. The molecule has 3 rings (SSSR count). The zero-order valence-electron chi connectivity index (χ0n) is 19.6. The van der Waals surface area contributed by atoms with Crippen molar-refractivity contribution in [2.24, 2.45) is 10.9 Å². The average molecular weight is 440 g/mol. The van der Waals surface area contributed by atoms with Crippen LogP contribution in [0.1, 0.15) is 31.9 Å². The number of pyridine rings is 1. The van der Waals surface area contributed by atoms with Gasteiger partial charge in [-0.15, -0.1) is 0 Å². The molecule has 1 aromatic heterocycles. The predicted octanol–water partition coefficient (Wildman–Crippen LogP) is 2.31. The minimum Gasteiger partial charge on any atom is -0.379 e. The van der Waals surface area contributed by atoms with Crippen LogP contribution in [0, 0.1) is 5.92 Å². The number of ether oxygens (including phenoxy) is 1. The molecule has 1 fully saturated rings. The van der Waals surface area contributed by atoms with Gasteiger partial charge in [-0.25, -0.2) is 4.99 Å². The van der Waals surface area contributed by atoms with E-state index in [0.29, 0.717) is 25.0 Å². The minimum absolute atomic E-state index is 0.0133. The molecule has 1 aliphatic heterocycles. The number of guanidine groups is 1. The Kier molecular flexibility index (Phi) is 9.31. The van der Waals surface area contributed by atoms with Crippen molar-refractivity contribution >= 4 is 5.96 Å². The van der Waals surface area contributed by atoms with Crippen LogP contribution < -0.4 is 16.2 Å². The van der Waals surface area contributed by atoms with Gasteiger partial charge in [-0.05, 0) is 30.0 Å². The lowest BCUT2D eigenvalue weighted by molar-refractivity contribution is 0.00752. The Labute approximate surface area is 191 Å². The molecule has 0 saturated carbocycles. The first-order valence-corrected chi connectivity index (χ1v) is 11.6. The SMILES string of the molecule is CCNC(=NCc1ccc(Cn2ccccc2=O)cc1)NCC(C(C)C)N1CCOCC1. The quantitative estimate of drug-likeness (QED) is 0.464. The van der Waals surface area contributed by atoms with E-state index in [0.717, 1.165) is 56.5 Å². The molecule has 2 aromatic rings. The van der Waals surface area contributed by atoms with E-state index < -0.39 is 0 Å². The number of hydrogen-bond acceptors (Lipinski definition) is 4. The van der Waals surface area contributed by atoms with E-state index >= 15 is 0 Å². The number of rotatable bonds is 9. The molecule has 1 atom stereocenters. The molecule has 1 unspecified atom stereocenters. The second-order valence-corrected chi connectivity index (χ2v) is 8.52. The van der Waals surface area contributed by atoms with Crippen molar-refractivity contribution in [2.75, 3.05) is 39.4 Å². The minimum atomic E-state index is 0.0133. The first kappa shape index (κ1) is 24.0. The van der Waals surface area contributed by atoms with Crippen molar-refractivity contribution in [3.63, 3.8) is 0 Å². The molecule has 174 valence electrons. The fourth-order valence-corrected chi connectivity index (χ4v) is 3.95. The first-order valence-electron chi connectivity index (χ1n) is 11.6. The third-order valence-electron chi connectivity index (χ3n) is 5.80. The summed E-state index contributed by atoms with van der Waals surface area (Å²) >= 11 is 0. The van der Waals surface area contributed by atoms with E-state index in [2.05, 4.69) is 60.6 Å². The van der Waals surface area contributed by atoms with Gasteiger partial charge in [0.05, 0.1) is 26.3 Å². The van der Waals surface area contributed by atoms with Gasteiger partial charge in [0.2, 0.25) is 0 Å². The Morgan fingerprint density at radius 3 is 2.44 bits per heavy atom. The predicted molar refractivity (Wildman–Crippen MR) is 130 cm³/mol. The number of aliphatic imine (C=N–C) groups is 1. The number of benzene rings is 1. The van der Waals surface area contributed by atoms with E-state index in [1.54, 1.807) is 16.7 Å². The summed E-state index contributed by atoms with van der Waals surface area (Å²) < 4.78 is 7.22. The van der Waals surface area contributed by atoms with E-state index in [-0.39, 0.29) is 5.56 Å². The molecular formula is C25H37N5O2. The van der Waals surface area contributed by atoms with Crippen molar-refractivity contribution in [2.45, 2.75) is 39.9 Å². The van der Waals surface area contributed by atoms with Crippen LogP contribution >= 0.6 is 0 Å². The summed E-state index contributed by atoms with van der Waals surface area (Å²) in [5.74, 6) is 1.39. The summed E-state index contributed by atoms with van der Waals surface area (Å²) in [7, 11) is 0. The Hall–Kier alpha value is -2.64. The van der Waals surface area contributed by atoms with Crippen LogP contribution in [0.25, 0.3) is 0 Å². The van der Waals surface area contributed by atoms with Crippen LogP contribution in [0.15, 0.2) is 58.4 Å². The molecule has 2 N–H and O–H groups in total. The van der Waals surface area contributed by atoms with Gasteiger partial charge < -0.3 is 19.9 Å². The second-order valence-electron chi connectivity index (χ2n) is 8.52. The van der Waals surface area contributed by atoms with E-state index in [1.807, 2.05) is 12.3 Å². The first-order chi connectivity index (χ1) is 15.6. The number of nitrogens with zero attached hydrogens (tertiary/aromatic N) is 3. The van der Waals surface area contributed by atoms with Gasteiger partial charge in [0, 0.05) is 44.5 Å². The highest BCUT2D eigenvalue weighted by Gasteiger charge is 2.23. The highest BCUT2D eigenvalue weighted by Crippen LogP contribution is 2.12. The van der Waals surface area contributed by atoms with Crippen LogP contribution in [0.4, 0.5) is 0 Å². The van der Waals surface area contributed by atoms with Gasteiger partial charge in [0.15, 0.2) is 5.96 Å². The topological polar surface area (TPSA) is 70.9 Å². The summed E-state index contributed by atoms with van der Waals surface area (Å²) in [6.07, 6.45) is 1.82. The third kappa shape index (κ3) is 7.21. The fraction of sp³-hybridized carbons (Fsp3) is 0.520. The van der Waals surface area contributed by atoms with Crippen molar-refractivity contribution in [3.05, 3.63) is 70.1 Å². The normalized spacial score (nSPS) is 16.2. The summed E-state index contributed by atoms with van der Waals surface area (Å²) in [5, 5.41) is 6.90. The van der Waals surface area contributed by atoms with Gasteiger partial charge >= 0.3 is 0 Å². The zero-order chi connectivity index (χ0) is 22.8. The standard InChI is InChI=1S/C25H37N5O2/c1-4-26-25(28-18-23(20(2)3)29-13-15-32-16-14-29)27-17-21-8-10-22(11-9-21)19-30-12-6-5-7-24(30)31/h5-12,20,23H,4,13-19H2,1-3H3,(H2,26,27,28). The number of aromatic nitrogens is 1. The van der Waals surface area contributed by atoms with E-state index in [4.69, 9.17) is 9.73 Å².